The molecule has 0 aliphatic carbocycles. The van der Waals surface area contributed by atoms with E-state index in [0.717, 1.165) is 25.7 Å². The lowest BCUT2D eigenvalue weighted by Gasteiger charge is -2.44. The van der Waals surface area contributed by atoms with Crippen molar-refractivity contribution in [3.63, 3.8) is 0 Å². The summed E-state index contributed by atoms with van der Waals surface area (Å²) < 4.78 is 22.2. The van der Waals surface area contributed by atoms with E-state index in [9.17, 15) is 29.6 Å². The van der Waals surface area contributed by atoms with E-state index in [1.165, 1.54) is 103 Å². The van der Waals surface area contributed by atoms with Gasteiger partial charge in [0.25, 0.3) is 0 Å². The molecule has 0 spiro atoms. The van der Waals surface area contributed by atoms with E-state index in [-0.39, 0.29) is 19.8 Å². The van der Waals surface area contributed by atoms with E-state index in [2.05, 4.69) is 18.2 Å². The molecule has 42 heavy (non-hydrogen) atoms. The Kier molecular flexibility index (Phi) is 27.7. The molecule has 0 unspecified atom stereocenters. The second-order valence-electron chi connectivity index (χ2n) is 11.7. The number of phosphoric acid groups is 2. The Bertz CT molecular complexity index is 641. The molecule has 0 amide bonds. The minimum atomic E-state index is -5.05. The summed E-state index contributed by atoms with van der Waals surface area (Å²) in [6, 6.07) is 0. The van der Waals surface area contributed by atoms with Crippen LogP contribution in [0.25, 0.3) is 0 Å². The van der Waals surface area contributed by atoms with E-state index >= 15 is 0 Å². The van der Waals surface area contributed by atoms with E-state index in [4.69, 9.17) is 19.6 Å². The maximum Gasteiger partial charge on any atom is 0.478 e. The number of aliphatic hydroxyl groups is 4. The highest BCUT2D eigenvalue weighted by atomic mass is 31.3. The molecule has 8 N–H and O–H groups in total. The lowest BCUT2D eigenvalue weighted by Crippen LogP contribution is -2.55. The maximum absolute atomic E-state index is 11.5. The predicted molar refractivity (Wildman–Crippen MR) is 167 cm³/mol. The van der Waals surface area contributed by atoms with Crippen molar-refractivity contribution in [2.24, 2.45) is 5.41 Å². The highest BCUT2D eigenvalue weighted by Crippen LogP contribution is 2.53. The molecule has 0 rings (SSSR count). The van der Waals surface area contributed by atoms with Crippen molar-refractivity contribution in [2.75, 3.05) is 19.8 Å². The summed E-state index contributed by atoms with van der Waals surface area (Å²) in [7, 11) is -10.1. The van der Waals surface area contributed by atoms with Gasteiger partial charge in [-0.25, -0.2) is 9.13 Å². The molecule has 0 aliphatic heterocycles. The van der Waals surface area contributed by atoms with Crippen LogP contribution in [0.2, 0.25) is 0 Å². The maximum atomic E-state index is 11.5. The van der Waals surface area contributed by atoms with E-state index in [1.807, 2.05) is 0 Å². The molecule has 11 nitrogen and oxygen atoms in total. The van der Waals surface area contributed by atoms with Crippen LogP contribution in [0.5, 0.6) is 0 Å². The first-order valence-corrected chi connectivity index (χ1v) is 19.2. The van der Waals surface area contributed by atoms with Gasteiger partial charge in [-0.05, 0) is 12.8 Å². The van der Waals surface area contributed by atoms with Gasteiger partial charge in [0.15, 0.2) is 0 Å². The van der Waals surface area contributed by atoms with E-state index in [0.29, 0.717) is 12.8 Å². The first-order chi connectivity index (χ1) is 19.8. The lowest BCUT2D eigenvalue weighted by atomic mass is 9.68. The Morgan fingerprint density at radius 2 is 0.714 bits per heavy atom. The van der Waals surface area contributed by atoms with Crippen LogP contribution in [-0.4, -0.2) is 65.4 Å². The van der Waals surface area contributed by atoms with Crippen LogP contribution >= 0.6 is 15.6 Å². The molecule has 13 heteroatoms. The second-order valence-corrected chi connectivity index (χ2v) is 14.3. The van der Waals surface area contributed by atoms with Gasteiger partial charge >= 0.3 is 15.6 Å². The summed E-state index contributed by atoms with van der Waals surface area (Å²) in [4.78, 5) is 31.0. The van der Waals surface area contributed by atoms with Crippen molar-refractivity contribution in [1.29, 1.82) is 0 Å². The van der Waals surface area contributed by atoms with E-state index in [1.54, 1.807) is 0 Å². The van der Waals surface area contributed by atoms with Crippen LogP contribution in [0, 0.1) is 5.41 Å². The van der Waals surface area contributed by atoms with Crippen molar-refractivity contribution < 1.29 is 53.4 Å². The third-order valence-electron chi connectivity index (χ3n) is 8.00. The van der Waals surface area contributed by atoms with Gasteiger partial charge in [0.2, 0.25) is 0 Å². The minimum Gasteiger partial charge on any atom is -0.395 e. The summed E-state index contributed by atoms with van der Waals surface area (Å²) in [5, 5.41) is 41.4. The molecule has 0 fully saturated rings. The molecule has 256 valence electrons. The number of unbranched alkanes of at least 4 members (excludes halogenated alkanes) is 18. The van der Waals surface area contributed by atoms with Crippen LogP contribution < -0.4 is 0 Å². The summed E-state index contributed by atoms with van der Waals surface area (Å²) in [6.45, 7) is 3.34. The number of hydrogen-bond donors (Lipinski definition) is 8. The van der Waals surface area contributed by atoms with Gasteiger partial charge in [0.1, 0.15) is 0 Å². The molecule has 0 aromatic carbocycles. The zero-order valence-corrected chi connectivity index (χ0v) is 28.2. The summed E-state index contributed by atoms with van der Waals surface area (Å²) in [5.74, 6) is 0. The normalized spacial score (nSPS) is 12.8. The fraction of sp³-hybridized carbons (Fsp3) is 1.00. The minimum absolute atomic E-state index is 0.383. The summed E-state index contributed by atoms with van der Waals surface area (Å²) in [6.07, 6.45) is 25.7. The fourth-order valence-corrected chi connectivity index (χ4v) is 6.30. The quantitative estimate of drug-likeness (QED) is 0.0339. The molecule has 0 heterocycles. The molecule has 0 radical (unpaired) electrons. The third kappa shape index (κ3) is 24.4. The molecular formula is C29H64O11P2. The Hall–Kier alpha value is 0.100. The van der Waals surface area contributed by atoms with Crippen molar-refractivity contribution in [3.05, 3.63) is 0 Å². The molecule has 0 aromatic heterocycles. The topological polar surface area (TPSA) is 205 Å². The van der Waals surface area contributed by atoms with Gasteiger partial charge in [-0.1, -0.05) is 142 Å². The SMILES string of the molecule is CCCCCCCCCCCCC(O)(CCCCCCCCCCCC)C(CO)(CO)CO.O=P(O)(O)OP(=O)(O)O. The Morgan fingerprint density at radius 1 is 0.476 bits per heavy atom. The molecule has 0 bridgehead atoms. The van der Waals surface area contributed by atoms with Crippen molar-refractivity contribution in [1.82, 2.24) is 0 Å². The van der Waals surface area contributed by atoms with Crippen LogP contribution in [0.15, 0.2) is 0 Å². The van der Waals surface area contributed by atoms with Crippen molar-refractivity contribution in [2.45, 2.75) is 161 Å². The molecule has 0 atom stereocenters. The zero-order valence-electron chi connectivity index (χ0n) is 26.4. The standard InChI is InChI=1S/C29H60O4.H4O7P2/c1-3-5-7-9-11-13-15-17-19-21-23-29(33,28(25-30,26-31)27-32)24-22-20-18-16-14-12-10-8-6-4-2;1-8(2,3)7-9(4,5)6/h30-33H,3-27H2,1-2H3;(H2,1,2,3)(H2,4,5,6). The number of hydrogen-bond acceptors (Lipinski definition) is 7. The fourth-order valence-electron chi connectivity index (χ4n) is 5.20. The van der Waals surface area contributed by atoms with Crippen LogP contribution in [0.3, 0.4) is 0 Å². The number of aliphatic hydroxyl groups excluding tert-OH is 3. The van der Waals surface area contributed by atoms with Crippen molar-refractivity contribution in [3.8, 4) is 0 Å². The second kappa shape index (κ2) is 26.3. The van der Waals surface area contributed by atoms with E-state index < -0.39 is 26.7 Å². The van der Waals surface area contributed by atoms with Gasteiger partial charge in [0, 0.05) is 0 Å². The molecule has 0 saturated heterocycles. The molecule has 0 aromatic rings. The van der Waals surface area contributed by atoms with Crippen LogP contribution in [0.1, 0.15) is 155 Å². The Labute approximate surface area is 255 Å². The molecule has 0 saturated carbocycles. The summed E-state index contributed by atoms with van der Waals surface area (Å²) >= 11 is 0. The predicted octanol–water partition coefficient (Wildman–Crippen LogP) is 6.49. The average molecular weight is 651 g/mol. The summed E-state index contributed by atoms with van der Waals surface area (Å²) in [5.41, 5.74) is -2.42. The Balaban J connectivity index is 0. The average Bonchev–Trinajstić information content (AvgIpc) is 2.90. The largest absolute Gasteiger partial charge is 0.478 e. The smallest absolute Gasteiger partial charge is 0.395 e. The first-order valence-electron chi connectivity index (χ1n) is 16.1. The Morgan fingerprint density at radius 3 is 0.905 bits per heavy atom. The van der Waals surface area contributed by atoms with Gasteiger partial charge in [-0.3, -0.25) is 0 Å². The first kappa shape index (κ1) is 44.2. The van der Waals surface area contributed by atoms with Crippen LogP contribution in [0.4, 0.5) is 0 Å². The van der Waals surface area contributed by atoms with Gasteiger partial charge in [0.05, 0.1) is 30.8 Å². The molecular weight excluding hydrogens is 586 g/mol. The van der Waals surface area contributed by atoms with Crippen LogP contribution in [-0.2, 0) is 13.4 Å². The third-order valence-corrected chi connectivity index (χ3v) is 9.70. The monoisotopic (exact) mass is 650 g/mol. The number of rotatable bonds is 28. The molecule has 0 aliphatic rings. The zero-order chi connectivity index (χ0) is 32.4. The van der Waals surface area contributed by atoms with Gasteiger partial charge in [-0.2, -0.15) is 4.31 Å². The van der Waals surface area contributed by atoms with Gasteiger partial charge < -0.3 is 40.0 Å². The van der Waals surface area contributed by atoms with Gasteiger partial charge in [-0.15, -0.1) is 0 Å². The highest BCUT2D eigenvalue weighted by Gasteiger charge is 2.48. The van der Waals surface area contributed by atoms with Crippen molar-refractivity contribution >= 4 is 15.6 Å². The highest BCUT2D eigenvalue weighted by molar-refractivity contribution is 7.60. The lowest BCUT2D eigenvalue weighted by molar-refractivity contribution is -0.162.